The van der Waals surface area contributed by atoms with Gasteiger partial charge in [0, 0.05) is 6.42 Å². The molecule has 3 aliphatic carbocycles. The minimum atomic E-state index is -0.207. The molecule has 3 fully saturated rings. The highest BCUT2D eigenvalue weighted by molar-refractivity contribution is 5.83. The van der Waals surface area contributed by atoms with Gasteiger partial charge in [-0.2, -0.15) is 0 Å². The summed E-state index contributed by atoms with van der Waals surface area (Å²) in [6.45, 7) is 2.54. The molecule has 2 nitrogen and oxygen atoms in total. The predicted octanol–water partition coefficient (Wildman–Crippen LogP) is 6.44. The summed E-state index contributed by atoms with van der Waals surface area (Å²) in [5.41, 5.74) is 4.35. The molecule has 7 rings (SSSR count). The van der Waals surface area contributed by atoms with Gasteiger partial charge in [0.15, 0.2) is 0 Å². The second-order valence-corrected chi connectivity index (χ2v) is 11.2. The van der Waals surface area contributed by atoms with Crippen molar-refractivity contribution in [1.82, 2.24) is 0 Å². The van der Waals surface area contributed by atoms with E-state index < -0.39 is 0 Å². The number of ether oxygens (including phenoxy) is 1. The van der Waals surface area contributed by atoms with Crippen molar-refractivity contribution in [2.24, 2.45) is 11.3 Å². The summed E-state index contributed by atoms with van der Waals surface area (Å²) in [4.78, 5) is 0. The molecule has 31 heavy (non-hydrogen) atoms. The van der Waals surface area contributed by atoms with Crippen LogP contribution >= 0.6 is 0 Å². The van der Waals surface area contributed by atoms with E-state index in [-0.39, 0.29) is 22.7 Å². The third kappa shape index (κ3) is 2.36. The van der Waals surface area contributed by atoms with E-state index >= 15 is 0 Å². The highest BCUT2D eigenvalue weighted by Gasteiger charge is 2.66. The summed E-state index contributed by atoms with van der Waals surface area (Å²) in [6, 6.07) is 15.9. The molecule has 2 aromatic carbocycles. The van der Waals surface area contributed by atoms with Crippen molar-refractivity contribution in [1.29, 1.82) is 0 Å². The molecular weight excluding hydrogens is 380 g/mol. The molecule has 6 atom stereocenters. The Balaban J connectivity index is 1.31. The Morgan fingerprint density at radius 3 is 2.77 bits per heavy atom. The molecule has 2 heteroatoms. The zero-order valence-electron chi connectivity index (χ0n) is 18.4. The maximum atomic E-state index is 10.5. The quantitative estimate of drug-likeness (QED) is 0.584. The van der Waals surface area contributed by atoms with Crippen LogP contribution < -0.4 is 0 Å². The van der Waals surface area contributed by atoms with E-state index in [4.69, 9.17) is 4.74 Å². The largest absolute Gasteiger partial charge is 0.393 e. The van der Waals surface area contributed by atoms with Crippen LogP contribution in [0.4, 0.5) is 0 Å². The first-order valence-corrected chi connectivity index (χ1v) is 12.3. The molecule has 1 N–H and O–H groups in total. The van der Waals surface area contributed by atoms with Gasteiger partial charge in [-0.25, -0.2) is 0 Å². The Labute approximate surface area is 185 Å². The Morgan fingerprint density at radius 2 is 1.87 bits per heavy atom. The van der Waals surface area contributed by atoms with Gasteiger partial charge in [0.25, 0.3) is 0 Å². The molecule has 160 valence electrons. The van der Waals surface area contributed by atoms with E-state index in [1.54, 1.807) is 0 Å². The van der Waals surface area contributed by atoms with Gasteiger partial charge in [-0.3, -0.25) is 0 Å². The summed E-state index contributed by atoms with van der Waals surface area (Å²) in [5.74, 6) is 1.14. The molecule has 2 saturated carbocycles. The molecule has 0 radical (unpaired) electrons. The monoisotopic (exact) mass is 412 g/mol. The highest BCUT2D eigenvalue weighted by atomic mass is 16.5. The fourth-order valence-corrected chi connectivity index (χ4v) is 8.35. The summed E-state index contributed by atoms with van der Waals surface area (Å²) in [5, 5.41) is 13.1. The van der Waals surface area contributed by atoms with Crippen molar-refractivity contribution in [2.45, 2.75) is 81.5 Å². The van der Waals surface area contributed by atoms with Gasteiger partial charge in [0.05, 0.1) is 17.3 Å². The average Bonchev–Trinajstić information content (AvgIpc) is 3.28. The van der Waals surface area contributed by atoms with Crippen LogP contribution in [-0.2, 0) is 4.74 Å². The number of benzene rings is 2. The minimum absolute atomic E-state index is 0.126. The third-order valence-electron chi connectivity index (χ3n) is 9.83. The van der Waals surface area contributed by atoms with Crippen LogP contribution in [0.3, 0.4) is 0 Å². The van der Waals surface area contributed by atoms with E-state index in [1.807, 2.05) is 0 Å². The van der Waals surface area contributed by atoms with E-state index in [1.165, 1.54) is 40.3 Å². The van der Waals surface area contributed by atoms with Crippen molar-refractivity contribution in [3.05, 3.63) is 71.3 Å². The molecule has 0 amide bonds. The minimum Gasteiger partial charge on any atom is -0.393 e. The maximum Gasteiger partial charge on any atom is 0.0974 e. The first-order chi connectivity index (χ1) is 15.0. The fourth-order valence-electron chi connectivity index (χ4n) is 8.35. The van der Waals surface area contributed by atoms with Crippen LogP contribution in [0.25, 0.3) is 10.8 Å². The van der Waals surface area contributed by atoms with Gasteiger partial charge in [0.2, 0.25) is 0 Å². The lowest BCUT2D eigenvalue weighted by molar-refractivity contribution is -0.144. The van der Waals surface area contributed by atoms with E-state index in [2.05, 4.69) is 61.5 Å². The number of rotatable bonds is 1. The molecule has 0 aromatic heterocycles. The molecule has 2 bridgehead atoms. The van der Waals surface area contributed by atoms with Crippen LogP contribution in [-0.4, -0.2) is 22.4 Å². The van der Waals surface area contributed by atoms with Crippen LogP contribution in [0, 0.1) is 11.3 Å². The van der Waals surface area contributed by atoms with Crippen LogP contribution in [0.5, 0.6) is 0 Å². The van der Waals surface area contributed by atoms with Gasteiger partial charge in [-0.05, 0) is 89.7 Å². The van der Waals surface area contributed by atoms with Crippen LogP contribution in [0.15, 0.2) is 65.8 Å². The summed E-state index contributed by atoms with van der Waals surface area (Å²) >= 11 is 0. The maximum absolute atomic E-state index is 10.5. The molecule has 2 spiro atoms. The fraction of sp³-hybridized carbons (Fsp3) is 0.517. The molecule has 1 unspecified atom stereocenters. The van der Waals surface area contributed by atoms with Crippen molar-refractivity contribution >= 4 is 10.8 Å². The average molecular weight is 413 g/mol. The number of hydrogen-bond donors (Lipinski definition) is 1. The van der Waals surface area contributed by atoms with E-state index in [0.29, 0.717) is 11.8 Å². The van der Waals surface area contributed by atoms with Gasteiger partial charge < -0.3 is 9.84 Å². The summed E-state index contributed by atoms with van der Waals surface area (Å²) in [6.07, 6.45) is 13.4. The van der Waals surface area contributed by atoms with Crippen molar-refractivity contribution in [3.63, 3.8) is 0 Å². The number of aliphatic hydroxyl groups is 1. The lowest BCUT2D eigenvalue weighted by Gasteiger charge is -2.54. The van der Waals surface area contributed by atoms with Crippen molar-refractivity contribution in [3.8, 4) is 0 Å². The normalized spacial score (nSPS) is 43.1. The van der Waals surface area contributed by atoms with E-state index in [9.17, 15) is 5.11 Å². The van der Waals surface area contributed by atoms with Crippen molar-refractivity contribution < 1.29 is 9.84 Å². The van der Waals surface area contributed by atoms with Crippen molar-refractivity contribution in [2.75, 3.05) is 0 Å². The number of fused-ring (bicyclic) bond motifs is 2. The molecular formula is C29H32O2. The number of aliphatic hydroxyl groups excluding tert-OH is 1. The van der Waals surface area contributed by atoms with Gasteiger partial charge in [0.1, 0.15) is 0 Å². The molecule has 2 aromatic rings. The first kappa shape index (κ1) is 18.7. The van der Waals surface area contributed by atoms with Gasteiger partial charge in [-0.1, -0.05) is 61.5 Å². The molecule has 1 saturated heterocycles. The second kappa shape index (κ2) is 6.11. The first-order valence-electron chi connectivity index (χ1n) is 12.3. The highest BCUT2D eigenvalue weighted by Crippen LogP contribution is 2.69. The molecule has 2 heterocycles. The summed E-state index contributed by atoms with van der Waals surface area (Å²) in [7, 11) is 0. The smallest absolute Gasteiger partial charge is 0.0974 e. The van der Waals surface area contributed by atoms with Crippen LogP contribution in [0.2, 0.25) is 0 Å². The summed E-state index contributed by atoms with van der Waals surface area (Å²) < 4.78 is 7.19. The molecule has 2 aliphatic heterocycles. The Hall–Kier alpha value is -1.90. The Morgan fingerprint density at radius 1 is 1.00 bits per heavy atom. The topological polar surface area (TPSA) is 29.5 Å². The van der Waals surface area contributed by atoms with Gasteiger partial charge >= 0.3 is 0 Å². The molecule has 5 aliphatic rings. The lowest BCUT2D eigenvalue weighted by atomic mass is 9.58. The van der Waals surface area contributed by atoms with Crippen LogP contribution in [0.1, 0.15) is 69.8 Å². The number of allylic oxidation sites excluding steroid dienone is 1. The van der Waals surface area contributed by atoms with Gasteiger partial charge in [-0.15, -0.1) is 0 Å². The second-order valence-electron chi connectivity index (χ2n) is 11.2. The Bertz CT molecular complexity index is 1140. The lowest BCUT2D eigenvalue weighted by Crippen LogP contribution is -2.54. The zero-order chi connectivity index (χ0) is 20.8. The number of hydrogen-bond acceptors (Lipinski definition) is 2. The van der Waals surface area contributed by atoms with E-state index in [0.717, 1.165) is 38.5 Å². The third-order valence-corrected chi connectivity index (χ3v) is 9.83. The predicted molar refractivity (Wildman–Crippen MR) is 124 cm³/mol. The standard InChI is InChI=1S/C29H32O2/c1-27-13-12-23-17-22-8-9-24(30)18-28(22)14-15-29(23,31-28)26(27)11-10-25(27)21-7-6-19-4-2-3-5-20(19)16-21/h2-7,12,16-17,24-26,30H,8-11,13-15,18H2,1H3/t24-,25+,26+,27+,28?,29+/m0/s1. The zero-order valence-corrected chi connectivity index (χ0v) is 18.4. The Kier molecular flexibility index (Phi) is 3.68. The SMILES string of the molecule is C[C@]12CC=C3C=C4CC[C@H](O)CC45CC[C@]3(O5)[C@@H]1CC[C@@H]2c1ccc2ccccc2c1.